The predicted molar refractivity (Wildman–Crippen MR) is 107 cm³/mol. The number of amides is 2. The van der Waals surface area contributed by atoms with Crippen molar-refractivity contribution in [3.05, 3.63) is 76.1 Å². The molecule has 8 heteroatoms. The van der Waals surface area contributed by atoms with Crippen molar-refractivity contribution in [1.82, 2.24) is 20.8 Å². The molecular weight excluding hydrogens is 427 g/mol. The van der Waals surface area contributed by atoms with Gasteiger partial charge in [-0.15, -0.1) is 0 Å². The van der Waals surface area contributed by atoms with E-state index in [-0.39, 0.29) is 17.2 Å². The molecule has 0 saturated heterocycles. The van der Waals surface area contributed by atoms with Crippen LogP contribution in [0.4, 0.5) is 4.39 Å². The second kappa shape index (κ2) is 8.79. The van der Waals surface area contributed by atoms with Crippen LogP contribution in [0, 0.1) is 5.82 Å². The number of rotatable bonds is 6. The first kappa shape index (κ1) is 19.8. The Hall–Kier alpha value is -3.00. The zero-order valence-electron chi connectivity index (χ0n) is 15.0. The molecule has 1 aromatic heterocycles. The molecule has 0 aliphatic heterocycles. The fourth-order valence-corrected chi connectivity index (χ4v) is 3.21. The SMILES string of the molecule is CNC(=O)[C@H](Cc1cccc(Br)c1)NC(=O)c1cc(-c2ccccc2F)n[nH]1. The van der Waals surface area contributed by atoms with Crippen LogP contribution in [0.5, 0.6) is 0 Å². The molecule has 0 radical (unpaired) electrons. The second-order valence-corrected chi connectivity index (χ2v) is 7.04. The monoisotopic (exact) mass is 444 g/mol. The summed E-state index contributed by atoms with van der Waals surface area (Å²) in [5.74, 6) is -1.25. The lowest BCUT2D eigenvalue weighted by molar-refractivity contribution is -0.122. The van der Waals surface area contributed by atoms with E-state index in [0.29, 0.717) is 12.1 Å². The van der Waals surface area contributed by atoms with E-state index in [1.54, 1.807) is 18.2 Å². The van der Waals surface area contributed by atoms with Gasteiger partial charge in [0.25, 0.3) is 5.91 Å². The van der Waals surface area contributed by atoms with Crippen molar-refractivity contribution in [3.63, 3.8) is 0 Å². The van der Waals surface area contributed by atoms with Gasteiger partial charge in [-0.2, -0.15) is 5.10 Å². The van der Waals surface area contributed by atoms with E-state index in [4.69, 9.17) is 0 Å². The number of hydrogen-bond donors (Lipinski definition) is 3. The number of carbonyl (C=O) groups excluding carboxylic acids is 2. The first-order valence-electron chi connectivity index (χ1n) is 8.55. The molecular formula is C20H18BrFN4O2. The summed E-state index contributed by atoms with van der Waals surface area (Å²) >= 11 is 3.39. The smallest absolute Gasteiger partial charge is 0.269 e. The summed E-state index contributed by atoms with van der Waals surface area (Å²) in [6.45, 7) is 0. The molecule has 2 amide bonds. The van der Waals surface area contributed by atoms with E-state index in [9.17, 15) is 14.0 Å². The van der Waals surface area contributed by atoms with E-state index < -0.39 is 17.8 Å². The van der Waals surface area contributed by atoms with Crippen molar-refractivity contribution >= 4 is 27.7 Å². The summed E-state index contributed by atoms with van der Waals surface area (Å²) in [6, 6.07) is 14.3. The third kappa shape index (κ3) is 4.64. The Morgan fingerprint density at radius 2 is 1.96 bits per heavy atom. The molecule has 6 nitrogen and oxygen atoms in total. The molecule has 0 fully saturated rings. The minimum absolute atomic E-state index is 0.140. The number of aromatic nitrogens is 2. The Balaban J connectivity index is 1.77. The van der Waals surface area contributed by atoms with Gasteiger partial charge in [0.05, 0.1) is 5.69 Å². The molecule has 3 rings (SSSR count). The molecule has 0 unspecified atom stereocenters. The zero-order chi connectivity index (χ0) is 20.1. The molecule has 0 spiro atoms. The standard InChI is InChI=1S/C20H18BrFN4O2/c1-23-19(27)17(10-12-5-4-6-13(21)9-12)24-20(28)18-11-16(25-26-18)14-7-2-3-8-15(14)22/h2-9,11,17H,10H2,1H3,(H,23,27)(H,24,28)(H,25,26)/t17-/m0/s1. The average Bonchev–Trinajstić information content (AvgIpc) is 3.17. The Morgan fingerprint density at radius 1 is 1.18 bits per heavy atom. The average molecular weight is 445 g/mol. The summed E-state index contributed by atoms with van der Waals surface area (Å²) in [4.78, 5) is 24.8. The summed E-state index contributed by atoms with van der Waals surface area (Å²) in [6.07, 6.45) is 0.319. The van der Waals surface area contributed by atoms with Crippen LogP contribution in [0.1, 0.15) is 16.1 Å². The lowest BCUT2D eigenvalue weighted by atomic mass is 10.0. The fraction of sp³-hybridized carbons (Fsp3) is 0.150. The Kier molecular flexibility index (Phi) is 6.20. The maximum atomic E-state index is 13.9. The third-order valence-electron chi connectivity index (χ3n) is 4.17. The van der Waals surface area contributed by atoms with Gasteiger partial charge in [0.15, 0.2) is 0 Å². The molecule has 0 saturated carbocycles. The van der Waals surface area contributed by atoms with Crippen molar-refractivity contribution in [2.75, 3.05) is 7.05 Å². The molecule has 144 valence electrons. The van der Waals surface area contributed by atoms with Crippen molar-refractivity contribution in [1.29, 1.82) is 0 Å². The van der Waals surface area contributed by atoms with Crippen LogP contribution in [-0.4, -0.2) is 35.1 Å². The minimum Gasteiger partial charge on any atom is -0.357 e. The van der Waals surface area contributed by atoms with Gasteiger partial charge in [-0.3, -0.25) is 14.7 Å². The Bertz CT molecular complexity index is 1010. The number of hydrogen-bond acceptors (Lipinski definition) is 3. The molecule has 0 aliphatic rings. The topological polar surface area (TPSA) is 86.9 Å². The number of halogens is 2. The number of nitrogens with one attached hydrogen (secondary N) is 3. The molecule has 28 heavy (non-hydrogen) atoms. The van der Waals surface area contributed by atoms with E-state index in [2.05, 4.69) is 36.8 Å². The molecule has 3 aromatic rings. The van der Waals surface area contributed by atoms with Crippen LogP contribution in [0.25, 0.3) is 11.3 Å². The highest BCUT2D eigenvalue weighted by Gasteiger charge is 2.22. The first-order valence-corrected chi connectivity index (χ1v) is 9.34. The Labute approximate surface area is 169 Å². The van der Waals surface area contributed by atoms with Crippen LogP contribution < -0.4 is 10.6 Å². The fourth-order valence-electron chi connectivity index (χ4n) is 2.76. The third-order valence-corrected chi connectivity index (χ3v) is 4.66. The molecule has 0 bridgehead atoms. The van der Waals surface area contributed by atoms with E-state index >= 15 is 0 Å². The zero-order valence-corrected chi connectivity index (χ0v) is 16.6. The lowest BCUT2D eigenvalue weighted by Crippen LogP contribution is -2.47. The predicted octanol–water partition coefficient (Wildman–Crippen LogP) is 3.07. The van der Waals surface area contributed by atoms with Gasteiger partial charge in [0.2, 0.25) is 5.91 Å². The molecule has 1 heterocycles. The maximum Gasteiger partial charge on any atom is 0.269 e. The van der Waals surface area contributed by atoms with Crippen molar-refractivity contribution < 1.29 is 14.0 Å². The molecule has 0 aliphatic carbocycles. The molecule has 1 atom stereocenters. The quantitative estimate of drug-likeness (QED) is 0.545. The highest BCUT2D eigenvalue weighted by atomic mass is 79.9. The summed E-state index contributed by atoms with van der Waals surface area (Å²) < 4.78 is 14.8. The highest BCUT2D eigenvalue weighted by molar-refractivity contribution is 9.10. The van der Waals surface area contributed by atoms with Crippen molar-refractivity contribution in [2.24, 2.45) is 0 Å². The van der Waals surface area contributed by atoms with Crippen molar-refractivity contribution in [2.45, 2.75) is 12.5 Å². The number of benzene rings is 2. The van der Waals surface area contributed by atoms with Crippen LogP contribution in [0.3, 0.4) is 0 Å². The van der Waals surface area contributed by atoms with E-state index in [1.807, 2.05) is 24.3 Å². The van der Waals surface area contributed by atoms with E-state index in [0.717, 1.165) is 10.0 Å². The molecule has 3 N–H and O–H groups in total. The number of nitrogens with zero attached hydrogens (tertiary/aromatic N) is 1. The molecule has 2 aromatic carbocycles. The summed E-state index contributed by atoms with van der Waals surface area (Å²) in [5.41, 5.74) is 1.63. The first-order chi connectivity index (χ1) is 13.5. The van der Waals surface area contributed by atoms with Gasteiger partial charge in [-0.1, -0.05) is 40.2 Å². The largest absolute Gasteiger partial charge is 0.357 e. The van der Waals surface area contributed by atoms with Crippen LogP contribution in [-0.2, 0) is 11.2 Å². The van der Waals surface area contributed by atoms with Gasteiger partial charge in [-0.25, -0.2) is 4.39 Å². The van der Waals surface area contributed by atoms with Crippen molar-refractivity contribution in [3.8, 4) is 11.3 Å². The minimum atomic E-state index is -0.771. The van der Waals surface area contributed by atoms with Crippen LogP contribution in [0.15, 0.2) is 59.1 Å². The second-order valence-electron chi connectivity index (χ2n) is 6.12. The van der Waals surface area contributed by atoms with Gasteiger partial charge in [-0.05, 0) is 35.9 Å². The van der Waals surface area contributed by atoms with Gasteiger partial charge in [0.1, 0.15) is 17.6 Å². The van der Waals surface area contributed by atoms with Gasteiger partial charge in [0, 0.05) is 23.5 Å². The Morgan fingerprint density at radius 3 is 2.68 bits per heavy atom. The summed E-state index contributed by atoms with van der Waals surface area (Å²) in [7, 11) is 1.51. The van der Waals surface area contributed by atoms with Gasteiger partial charge < -0.3 is 10.6 Å². The number of H-pyrrole nitrogens is 1. The maximum absolute atomic E-state index is 13.9. The van der Waals surface area contributed by atoms with Crippen LogP contribution in [0.2, 0.25) is 0 Å². The van der Waals surface area contributed by atoms with E-state index in [1.165, 1.54) is 19.2 Å². The number of likely N-dealkylation sites (N-methyl/N-ethyl adjacent to an activating group) is 1. The van der Waals surface area contributed by atoms with Gasteiger partial charge >= 0.3 is 0 Å². The normalized spacial score (nSPS) is 11.7. The lowest BCUT2D eigenvalue weighted by Gasteiger charge is -2.17. The number of aromatic amines is 1. The summed E-state index contributed by atoms with van der Waals surface area (Å²) in [5, 5.41) is 11.9. The highest BCUT2D eigenvalue weighted by Crippen LogP contribution is 2.21. The number of carbonyl (C=O) groups is 2. The van der Waals surface area contributed by atoms with Crippen LogP contribution >= 0.6 is 15.9 Å².